The lowest BCUT2D eigenvalue weighted by atomic mass is 9.86. The van der Waals surface area contributed by atoms with Gasteiger partial charge in [-0.05, 0) is 54.9 Å². The van der Waals surface area contributed by atoms with E-state index in [4.69, 9.17) is 0 Å². The van der Waals surface area contributed by atoms with E-state index in [1.807, 2.05) is 6.08 Å². The minimum Gasteiger partial charge on any atom is -0.370 e. The molecule has 1 amide bonds. The van der Waals surface area contributed by atoms with Crippen LogP contribution in [0.5, 0.6) is 0 Å². The first kappa shape index (κ1) is 21.9. The zero-order chi connectivity index (χ0) is 22.2. The molecule has 0 aromatic heterocycles. The van der Waals surface area contributed by atoms with Crippen molar-refractivity contribution >= 4 is 11.5 Å². The van der Waals surface area contributed by atoms with Gasteiger partial charge >= 0.3 is 0 Å². The maximum absolute atomic E-state index is 14.0. The molecule has 3 nitrogen and oxygen atoms in total. The summed E-state index contributed by atoms with van der Waals surface area (Å²) >= 11 is 0. The Morgan fingerprint density at radius 3 is 2.55 bits per heavy atom. The summed E-state index contributed by atoms with van der Waals surface area (Å²) in [7, 11) is 0. The minimum atomic E-state index is -2.72. The number of halogens is 4. The largest absolute Gasteiger partial charge is 0.370 e. The first-order chi connectivity index (χ1) is 14.8. The van der Waals surface area contributed by atoms with E-state index >= 15 is 0 Å². The van der Waals surface area contributed by atoms with Gasteiger partial charge in [0.2, 0.25) is 0 Å². The van der Waals surface area contributed by atoms with Gasteiger partial charge in [-0.2, -0.15) is 0 Å². The normalized spacial score (nSPS) is 23.6. The highest BCUT2D eigenvalue weighted by molar-refractivity contribution is 6.01. The highest BCUT2D eigenvalue weighted by Crippen LogP contribution is 2.40. The van der Waals surface area contributed by atoms with Crippen molar-refractivity contribution in [3.63, 3.8) is 0 Å². The molecule has 1 aromatic carbocycles. The fraction of sp³-hybridized carbons (Fsp3) is 0.542. The maximum Gasteiger partial charge on any atom is 0.253 e. The quantitative estimate of drug-likeness (QED) is 0.603. The number of hydrogen-bond acceptors (Lipinski definition) is 2. The van der Waals surface area contributed by atoms with Gasteiger partial charge in [0.25, 0.3) is 11.8 Å². The second-order valence-electron chi connectivity index (χ2n) is 8.97. The molecule has 4 rings (SSSR count). The average Bonchev–Trinajstić information content (AvgIpc) is 3.13. The van der Waals surface area contributed by atoms with E-state index in [1.54, 1.807) is 0 Å². The SMILES string of the molecule is CCCC1CCN(C2=C(c3cc(F)cc(F)c3)CCC=C2C(=O)NC2CC(F)(F)C2)C1. The van der Waals surface area contributed by atoms with Crippen LogP contribution in [0.1, 0.15) is 57.4 Å². The van der Waals surface area contributed by atoms with Crippen molar-refractivity contribution < 1.29 is 22.4 Å². The van der Waals surface area contributed by atoms with Gasteiger partial charge in [0, 0.05) is 38.0 Å². The summed E-state index contributed by atoms with van der Waals surface area (Å²) in [5.41, 5.74) is 2.29. The summed E-state index contributed by atoms with van der Waals surface area (Å²) in [6.07, 6.45) is 5.37. The van der Waals surface area contributed by atoms with Crippen LogP contribution in [0, 0.1) is 17.6 Å². The zero-order valence-electron chi connectivity index (χ0n) is 17.7. The van der Waals surface area contributed by atoms with Crippen molar-refractivity contribution in [2.75, 3.05) is 13.1 Å². The van der Waals surface area contributed by atoms with E-state index in [-0.39, 0.29) is 18.7 Å². The molecule has 1 aliphatic heterocycles. The molecule has 168 valence electrons. The Kier molecular flexibility index (Phi) is 6.13. The number of amides is 1. The molecule has 1 atom stereocenters. The Bertz CT molecular complexity index is 896. The van der Waals surface area contributed by atoms with Crippen LogP contribution in [0.4, 0.5) is 17.6 Å². The number of hydrogen-bond donors (Lipinski definition) is 1. The third-order valence-corrected chi connectivity index (χ3v) is 6.46. The number of carbonyl (C=O) groups excluding carboxylic acids is 1. The first-order valence-corrected chi connectivity index (χ1v) is 11.1. The number of nitrogens with zero attached hydrogens (tertiary/aromatic N) is 1. The molecule has 1 unspecified atom stereocenters. The van der Waals surface area contributed by atoms with Gasteiger partial charge < -0.3 is 10.2 Å². The highest BCUT2D eigenvalue weighted by Gasteiger charge is 2.46. The van der Waals surface area contributed by atoms with E-state index in [9.17, 15) is 22.4 Å². The predicted octanol–water partition coefficient (Wildman–Crippen LogP) is 5.43. The molecule has 1 N–H and O–H groups in total. The van der Waals surface area contributed by atoms with Gasteiger partial charge in [-0.25, -0.2) is 17.6 Å². The second-order valence-corrected chi connectivity index (χ2v) is 8.97. The molecule has 1 saturated heterocycles. The van der Waals surface area contributed by atoms with Crippen LogP contribution in [0.2, 0.25) is 0 Å². The van der Waals surface area contributed by atoms with Gasteiger partial charge in [-0.3, -0.25) is 4.79 Å². The lowest BCUT2D eigenvalue weighted by Gasteiger charge is -2.36. The Balaban J connectivity index is 1.67. The van der Waals surface area contributed by atoms with Crippen molar-refractivity contribution in [3.8, 4) is 0 Å². The second kappa shape index (κ2) is 8.67. The average molecular weight is 436 g/mol. The molecule has 0 bridgehead atoms. The zero-order valence-corrected chi connectivity index (χ0v) is 17.7. The van der Waals surface area contributed by atoms with Crippen LogP contribution in [-0.2, 0) is 4.79 Å². The summed E-state index contributed by atoms with van der Waals surface area (Å²) < 4.78 is 54.4. The van der Waals surface area contributed by atoms with E-state index in [1.165, 1.54) is 12.1 Å². The molecular formula is C24H28F4N2O. The fourth-order valence-corrected chi connectivity index (χ4v) is 5.02. The molecule has 3 aliphatic rings. The summed E-state index contributed by atoms with van der Waals surface area (Å²) in [5.74, 6) is -3.93. The Morgan fingerprint density at radius 2 is 1.90 bits per heavy atom. The Morgan fingerprint density at radius 1 is 1.19 bits per heavy atom. The van der Waals surface area contributed by atoms with Gasteiger partial charge in [0.1, 0.15) is 11.6 Å². The van der Waals surface area contributed by atoms with E-state index in [0.29, 0.717) is 35.6 Å². The number of alkyl halides is 2. The van der Waals surface area contributed by atoms with Crippen LogP contribution in [0.3, 0.4) is 0 Å². The van der Waals surface area contributed by atoms with Crippen molar-refractivity contribution in [2.24, 2.45) is 5.92 Å². The van der Waals surface area contributed by atoms with Crippen LogP contribution >= 0.6 is 0 Å². The highest BCUT2D eigenvalue weighted by atomic mass is 19.3. The first-order valence-electron chi connectivity index (χ1n) is 11.1. The van der Waals surface area contributed by atoms with Crippen molar-refractivity contribution in [3.05, 3.63) is 52.7 Å². The summed E-state index contributed by atoms with van der Waals surface area (Å²) in [6.45, 7) is 3.67. The van der Waals surface area contributed by atoms with Crippen molar-refractivity contribution in [2.45, 2.75) is 63.8 Å². The number of likely N-dealkylation sites (tertiary alicyclic amines) is 1. The molecule has 7 heteroatoms. The van der Waals surface area contributed by atoms with Crippen LogP contribution in [-0.4, -0.2) is 35.9 Å². The Labute approximate surface area is 180 Å². The number of benzene rings is 1. The fourth-order valence-electron chi connectivity index (χ4n) is 5.02. The summed E-state index contributed by atoms with van der Waals surface area (Å²) in [4.78, 5) is 15.2. The number of rotatable bonds is 6. The Hall–Kier alpha value is -2.31. The monoisotopic (exact) mass is 436 g/mol. The standard InChI is InChI=1S/C24H28F4N2O/c1-2-4-15-7-8-30(14-15)22-20(16-9-17(25)11-18(26)10-16)5-3-6-21(22)23(31)29-19-12-24(27,28)13-19/h6,9-11,15,19H,2-5,7-8,12-14H2,1H3,(H,29,31). The van der Waals surface area contributed by atoms with Gasteiger partial charge in [0.05, 0.1) is 11.3 Å². The molecular weight excluding hydrogens is 408 g/mol. The van der Waals surface area contributed by atoms with E-state index in [0.717, 1.165) is 44.0 Å². The van der Waals surface area contributed by atoms with E-state index in [2.05, 4.69) is 17.1 Å². The third kappa shape index (κ3) is 4.80. The smallest absolute Gasteiger partial charge is 0.253 e. The third-order valence-electron chi connectivity index (χ3n) is 6.46. The molecule has 1 aromatic rings. The number of carbonyl (C=O) groups is 1. The molecule has 31 heavy (non-hydrogen) atoms. The molecule has 2 aliphatic carbocycles. The van der Waals surface area contributed by atoms with Gasteiger partial charge in [-0.15, -0.1) is 0 Å². The molecule has 1 heterocycles. The minimum absolute atomic E-state index is 0.352. The van der Waals surface area contributed by atoms with Crippen LogP contribution < -0.4 is 5.32 Å². The number of allylic oxidation sites excluding steroid dienone is 2. The van der Waals surface area contributed by atoms with Crippen LogP contribution in [0.15, 0.2) is 35.5 Å². The molecule has 2 fully saturated rings. The summed E-state index contributed by atoms with van der Waals surface area (Å²) in [6, 6.07) is 2.88. The van der Waals surface area contributed by atoms with Crippen molar-refractivity contribution in [1.82, 2.24) is 10.2 Å². The summed E-state index contributed by atoms with van der Waals surface area (Å²) in [5, 5.41) is 2.73. The van der Waals surface area contributed by atoms with E-state index < -0.39 is 23.6 Å². The van der Waals surface area contributed by atoms with Crippen LogP contribution in [0.25, 0.3) is 5.57 Å². The topological polar surface area (TPSA) is 32.3 Å². The van der Waals surface area contributed by atoms with Gasteiger partial charge in [0.15, 0.2) is 0 Å². The maximum atomic E-state index is 14.0. The van der Waals surface area contributed by atoms with Crippen molar-refractivity contribution in [1.29, 1.82) is 0 Å². The lowest BCUT2D eigenvalue weighted by Crippen LogP contribution is -2.51. The predicted molar refractivity (Wildman–Crippen MR) is 111 cm³/mol. The number of nitrogens with one attached hydrogen (secondary N) is 1. The van der Waals surface area contributed by atoms with Gasteiger partial charge in [-0.1, -0.05) is 19.4 Å². The lowest BCUT2D eigenvalue weighted by molar-refractivity contribution is -0.125. The molecule has 0 radical (unpaired) electrons. The molecule has 0 spiro atoms. The molecule has 1 saturated carbocycles.